The highest BCUT2D eigenvalue weighted by molar-refractivity contribution is 6.62. The lowest BCUT2D eigenvalue weighted by molar-refractivity contribution is 0.0842. The molecular weight excluding hydrogens is 233 g/mol. The molecule has 0 radical (unpaired) electrons. The standard InChI is InChI=1S/C12H16BNO4/c1-8-12(2,3)18-13(17-8)9-5-4-6-10(7-9)14-11(15)16/h4-8,14H,1-3H3,(H,15,16). The van der Waals surface area contributed by atoms with E-state index >= 15 is 0 Å². The topological polar surface area (TPSA) is 67.8 Å². The molecule has 1 aromatic carbocycles. The van der Waals surface area contributed by atoms with E-state index in [0.717, 1.165) is 5.46 Å². The summed E-state index contributed by atoms with van der Waals surface area (Å²) in [6.07, 6.45) is -1.10. The number of amides is 1. The first-order valence-electron chi connectivity index (χ1n) is 5.82. The Hall–Kier alpha value is -1.53. The Kier molecular flexibility index (Phi) is 3.32. The minimum Gasteiger partial charge on any atom is -0.465 e. The summed E-state index contributed by atoms with van der Waals surface area (Å²) in [6.45, 7) is 5.90. The number of carbonyl (C=O) groups is 1. The molecule has 1 heterocycles. The van der Waals surface area contributed by atoms with E-state index in [0.29, 0.717) is 5.69 Å². The molecule has 1 saturated heterocycles. The predicted octanol–water partition coefficient (Wildman–Crippen LogP) is 1.69. The molecule has 18 heavy (non-hydrogen) atoms. The quantitative estimate of drug-likeness (QED) is 0.782. The van der Waals surface area contributed by atoms with Crippen LogP contribution in [0.4, 0.5) is 10.5 Å². The molecule has 0 bridgehead atoms. The molecular formula is C12H16BNO4. The lowest BCUT2D eigenvalue weighted by Gasteiger charge is -2.21. The Labute approximate surface area is 106 Å². The van der Waals surface area contributed by atoms with Crippen molar-refractivity contribution in [2.45, 2.75) is 32.5 Å². The minimum atomic E-state index is -1.09. The first-order chi connectivity index (χ1) is 8.38. The van der Waals surface area contributed by atoms with E-state index in [4.69, 9.17) is 14.4 Å². The summed E-state index contributed by atoms with van der Waals surface area (Å²) in [5.41, 5.74) is 0.962. The summed E-state index contributed by atoms with van der Waals surface area (Å²) in [7, 11) is -0.453. The summed E-state index contributed by atoms with van der Waals surface area (Å²) >= 11 is 0. The van der Waals surface area contributed by atoms with Gasteiger partial charge in [0.05, 0.1) is 11.7 Å². The lowest BCUT2D eigenvalue weighted by Crippen LogP contribution is -2.34. The van der Waals surface area contributed by atoms with Crippen LogP contribution in [-0.2, 0) is 9.31 Å². The van der Waals surface area contributed by atoms with Crippen LogP contribution < -0.4 is 10.8 Å². The smallest absolute Gasteiger partial charge is 0.465 e. The van der Waals surface area contributed by atoms with Crippen molar-refractivity contribution in [3.8, 4) is 0 Å². The van der Waals surface area contributed by atoms with Gasteiger partial charge >= 0.3 is 13.2 Å². The van der Waals surface area contributed by atoms with Gasteiger partial charge in [-0.3, -0.25) is 5.32 Å². The van der Waals surface area contributed by atoms with Gasteiger partial charge in [0.25, 0.3) is 0 Å². The van der Waals surface area contributed by atoms with Crippen LogP contribution in [0.5, 0.6) is 0 Å². The second-order valence-corrected chi connectivity index (χ2v) is 4.89. The van der Waals surface area contributed by atoms with E-state index in [1.165, 1.54) is 0 Å². The van der Waals surface area contributed by atoms with Gasteiger partial charge in [-0.05, 0) is 38.4 Å². The second kappa shape index (κ2) is 4.63. The van der Waals surface area contributed by atoms with Gasteiger partial charge in [-0.25, -0.2) is 4.79 Å². The SMILES string of the molecule is CC1OB(c2cccc(NC(=O)O)c2)OC1(C)C. The van der Waals surface area contributed by atoms with E-state index in [1.807, 2.05) is 26.8 Å². The molecule has 2 N–H and O–H groups in total. The van der Waals surface area contributed by atoms with E-state index < -0.39 is 13.2 Å². The first-order valence-corrected chi connectivity index (χ1v) is 5.82. The first kappa shape index (κ1) is 12.9. The highest BCUT2D eigenvalue weighted by atomic mass is 16.7. The summed E-state index contributed by atoms with van der Waals surface area (Å²) in [4.78, 5) is 10.6. The zero-order valence-electron chi connectivity index (χ0n) is 10.6. The number of hydrogen-bond acceptors (Lipinski definition) is 3. The van der Waals surface area contributed by atoms with Gasteiger partial charge in [0.1, 0.15) is 0 Å². The van der Waals surface area contributed by atoms with Crippen LogP contribution in [0, 0.1) is 0 Å². The van der Waals surface area contributed by atoms with Crippen LogP contribution in [0.3, 0.4) is 0 Å². The maximum atomic E-state index is 10.6. The normalized spacial score (nSPS) is 21.9. The van der Waals surface area contributed by atoms with Crippen molar-refractivity contribution < 1.29 is 19.2 Å². The van der Waals surface area contributed by atoms with Crippen molar-refractivity contribution in [1.82, 2.24) is 0 Å². The molecule has 1 fully saturated rings. The summed E-state index contributed by atoms with van der Waals surface area (Å²) in [5.74, 6) is 0. The zero-order valence-corrected chi connectivity index (χ0v) is 10.6. The number of carboxylic acid groups (broad SMARTS) is 1. The number of hydrogen-bond donors (Lipinski definition) is 2. The molecule has 1 aromatic rings. The highest BCUT2D eigenvalue weighted by Crippen LogP contribution is 2.26. The zero-order chi connectivity index (χ0) is 13.3. The van der Waals surface area contributed by atoms with Crippen molar-refractivity contribution in [3.63, 3.8) is 0 Å². The lowest BCUT2D eigenvalue weighted by atomic mass is 9.79. The van der Waals surface area contributed by atoms with Crippen LogP contribution in [0.2, 0.25) is 0 Å². The maximum Gasteiger partial charge on any atom is 0.494 e. The van der Waals surface area contributed by atoms with E-state index in [2.05, 4.69) is 5.32 Å². The summed E-state index contributed by atoms with van der Waals surface area (Å²) < 4.78 is 11.5. The average molecular weight is 249 g/mol. The Morgan fingerprint density at radius 2 is 2.22 bits per heavy atom. The molecule has 0 saturated carbocycles. The Balaban J connectivity index is 2.17. The fourth-order valence-corrected chi connectivity index (χ4v) is 1.78. The van der Waals surface area contributed by atoms with E-state index in [-0.39, 0.29) is 11.7 Å². The van der Waals surface area contributed by atoms with Gasteiger partial charge in [0, 0.05) is 5.69 Å². The van der Waals surface area contributed by atoms with Crippen LogP contribution in [-0.4, -0.2) is 30.0 Å². The van der Waals surface area contributed by atoms with Crippen molar-refractivity contribution in [1.29, 1.82) is 0 Å². The molecule has 1 amide bonds. The molecule has 96 valence electrons. The van der Waals surface area contributed by atoms with Gasteiger partial charge in [-0.15, -0.1) is 0 Å². The molecule has 2 rings (SSSR count). The number of benzene rings is 1. The molecule has 6 heteroatoms. The predicted molar refractivity (Wildman–Crippen MR) is 69.2 cm³/mol. The van der Waals surface area contributed by atoms with Crippen molar-refractivity contribution in [3.05, 3.63) is 24.3 Å². The van der Waals surface area contributed by atoms with Gasteiger partial charge in [0.15, 0.2) is 0 Å². The van der Waals surface area contributed by atoms with Crippen LogP contribution >= 0.6 is 0 Å². The fourth-order valence-electron chi connectivity index (χ4n) is 1.78. The Bertz CT molecular complexity index is 463. The summed E-state index contributed by atoms with van der Waals surface area (Å²) in [5, 5.41) is 11.0. The second-order valence-electron chi connectivity index (χ2n) is 4.89. The molecule has 5 nitrogen and oxygen atoms in total. The molecule has 0 spiro atoms. The molecule has 1 aliphatic heterocycles. The van der Waals surface area contributed by atoms with E-state index in [1.54, 1.807) is 18.2 Å². The fraction of sp³-hybridized carbons (Fsp3) is 0.417. The van der Waals surface area contributed by atoms with Crippen LogP contribution in [0.1, 0.15) is 20.8 Å². The van der Waals surface area contributed by atoms with Gasteiger partial charge in [-0.2, -0.15) is 0 Å². The van der Waals surface area contributed by atoms with Gasteiger partial charge in [-0.1, -0.05) is 12.1 Å². The molecule has 1 atom stereocenters. The van der Waals surface area contributed by atoms with Crippen LogP contribution in [0.25, 0.3) is 0 Å². The minimum absolute atomic E-state index is 0.0152. The van der Waals surface area contributed by atoms with Crippen molar-refractivity contribution in [2.75, 3.05) is 5.32 Å². The third-order valence-electron chi connectivity index (χ3n) is 3.13. The highest BCUT2D eigenvalue weighted by Gasteiger charge is 2.43. The third-order valence-corrected chi connectivity index (χ3v) is 3.13. The largest absolute Gasteiger partial charge is 0.494 e. The number of anilines is 1. The molecule has 0 aromatic heterocycles. The van der Waals surface area contributed by atoms with Crippen LogP contribution in [0.15, 0.2) is 24.3 Å². The Morgan fingerprint density at radius 1 is 1.50 bits per heavy atom. The average Bonchev–Trinajstić information content (AvgIpc) is 2.53. The van der Waals surface area contributed by atoms with Crippen molar-refractivity contribution >= 4 is 24.4 Å². The molecule has 1 aliphatic rings. The third kappa shape index (κ3) is 2.65. The maximum absolute atomic E-state index is 10.6. The van der Waals surface area contributed by atoms with E-state index in [9.17, 15) is 4.79 Å². The van der Waals surface area contributed by atoms with Crippen molar-refractivity contribution in [2.24, 2.45) is 0 Å². The monoisotopic (exact) mass is 249 g/mol. The molecule has 1 unspecified atom stereocenters. The van der Waals surface area contributed by atoms with Gasteiger partial charge < -0.3 is 14.4 Å². The summed E-state index contributed by atoms with van der Waals surface area (Å²) in [6, 6.07) is 7.02. The number of nitrogens with one attached hydrogen (secondary N) is 1. The Morgan fingerprint density at radius 3 is 2.78 bits per heavy atom. The number of rotatable bonds is 2. The van der Waals surface area contributed by atoms with Gasteiger partial charge in [0.2, 0.25) is 0 Å². The molecule has 0 aliphatic carbocycles.